The summed E-state index contributed by atoms with van der Waals surface area (Å²) in [5, 5.41) is 1.13. The lowest BCUT2D eigenvalue weighted by Gasteiger charge is -2.07. The normalized spacial score (nSPS) is 13.6. The van der Waals surface area contributed by atoms with Crippen LogP contribution in [0.1, 0.15) is 25.9 Å². The van der Waals surface area contributed by atoms with Crippen molar-refractivity contribution in [1.29, 1.82) is 0 Å². The van der Waals surface area contributed by atoms with Crippen molar-refractivity contribution in [2.24, 2.45) is 4.99 Å². The van der Waals surface area contributed by atoms with Crippen molar-refractivity contribution < 1.29 is 5.84 Å². The molecule has 0 saturated heterocycles. The SMILES string of the molecule is C/C(=C/c1ccccc1-c1ccccc1)c1coc2c1=CCC=NC=2.[HH]. The van der Waals surface area contributed by atoms with Gasteiger partial charge in [0.05, 0.1) is 12.5 Å². The largest absolute Gasteiger partial charge is 0.462 e. The molecule has 0 bridgehead atoms. The van der Waals surface area contributed by atoms with E-state index in [1.54, 1.807) is 6.20 Å². The molecule has 0 N–H and O–H groups in total. The first-order chi connectivity index (χ1) is 12.3. The molecule has 1 aliphatic heterocycles. The highest BCUT2D eigenvalue weighted by Crippen LogP contribution is 2.26. The molecular formula is C23H21NO. The number of furan rings is 1. The molecule has 0 unspecified atom stereocenters. The third kappa shape index (κ3) is 3.11. The highest BCUT2D eigenvalue weighted by molar-refractivity contribution is 5.86. The van der Waals surface area contributed by atoms with Crippen LogP contribution >= 0.6 is 0 Å². The third-order valence-corrected chi connectivity index (χ3v) is 4.43. The van der Waals surface area contributed by atoms with Crippen molar-refractivity contribution in [1.82, 2.24) is 0 Å². The molecule has 1 aliphatic rings. The number of rotatable bonds is 3. The zero-order chi connectivity index (χ0) is 17.1. The maximum Gasteiger partial charge on any atom is 0.152 e. The molecule has 0 amide bonds. The van der Waals surface area contributed by atoms with E-state index in [0.29, 0.717) is 0 Å². The number of aliphatic imine (C=N–C) groups is 1. The summed E-state index contributed by atoms with van der Waals surface area (Å²) in [4.78, 5) is 4.23. The van der Waals surface area contributed by atoms with Crippen LogP contribution in [0.4, 0.5) is 0 Å². The average Bonchev–Trinajstić information content (AvgIpc) is 2.92. The fraction of sp³-hybridized carbons (Fsp3) is 0.0870. The van der Waals surface area contributed by atoms with Crippen molar-refractivity contribution >= 4 is 30.1 Å². The van der Waals surface area contributed by atoms with Crippen LogP contribution < -0.4 is 10.6 Å². The number of fused-ring (bicyclic) bond motifs is 1. The first-order valence-electron chi connectivity index (χ1n) is 8.45. The maximum absolute atomic E-state index is 5.70. The lowest BCUT2D eigenvalue weighted by Crippen LogP contribution is -2.21. The van der Waals surface area contributed by atoms with E-state index in [4.69, 9.17) is 4.42 Å². The Balaban J connectivity index is 0.00000196. The lowest BCUT2D eigenvalue weighted by molar-refractivity contribution is 0.530. The molecule has 0 fully saturated rings. The van der Waals surface area contributed by atoms with Gasteiger partial charge in [-0.1, -0.05) is 66.7 Å². The summed E-state index contributed by atoms with van der Waals surface area (Å²) in [5.74, 6) is 0. The fourth-order valence-corrected chi connectivity index (χ4v) is 3.16. The average molecular weight is 327 g/mol. The molecule has 2 heteroatoms. The Hall–Kier alpha value is -3.13. The zero-order valence-electron chi connectivity index (χ0n) is 14.1. The van der Waals surface area contributed by atoms with Crippen molar-refractivity contribution in [3.63, 3.8) is 0 Å². The molecule has 0 radical (unpaired) electrons. The topological polar surface area (TPSA) is 25.5 Å². The molecule has 1 aromatic heterocycles. The highest BCUT2D eigenvalue weighted by atomic mass is 16.3. The quantitative estimate of drug-likeness (QED) is 0.682. The van der Waals surface area contributed by atoms with Crippen LogP contribution in [0.15, 0.2) is 70.3 Å². The van der Waals surface area contributed by atoms with Gasteiger partial charge in [0.15, 0.2) is 5.42 Å². The van der Waals surface area contributed by atoms with E-state index in [1.165, 1.54) is 22.3 Å². The standard InChI is InChI=1S/C23H19NO.H2/c1-17(22-16-25-23-15-24-13-7-12-21(22)23)14-19-10-5-6-11-20(19)18-8-3-2-4-9-18;/h2-6,8-16H,7H2,1H3;1H/b17-14-;. The molecular weight excluding hydrogens is 306 g/mol. The Morgan fingerprint density at radius 3 is 2.76 bits per heavy atom. The maximum atomic E-state index is 5.70. The number of nitrogens with zero attached hydrogens (tertiary/aromatic N) is 1. The molecule has 0 atom stereocenters. The van der Waals surface area contributed by atoms with Gasteiger partial charge in [0.1, 0.15) is 0 Å². The van der Waals surface area contributed by atoms with Gasteiger partial charge in [-0.2, -0.15) is 0 Å². The summed E-state index contributed by atoms with van der Waals surface area (Å²) in [6.45, 7) is 2.13. The fourth-order valence-electron chi connectivity index (χ4n) is 3.16. The van der Waals surface area contributed by atoms with E-state index < -0.39 is 0 Å². The Morgan fingerprint density at radius 2 is 1.88 bits per heavy atom. The first-order valence-corrected chi connectivity index (χ1v) is 8.45. The van der Waals surface area contributed by atoms with Crippen molar-refractivity contribution in [3.05, 3.63) is 82.6 Å². The zero-order valence-corrected chi connectivity index (χ0v) is 14.1. The Labute approximate surface area is 148 Å². The van der Waals surface area contributed by atoms with E-state index in [1.807, 2.05) is 18.5 Å². The van der Waals surface area contributed by atoms with Gasteiger partial charge in [-0.3, -0.25) is 4.99 Å². The van der Waals surface area contributed by atoms with Crippen LogP contribution in [0.25, 0.3) is 35.1 Å². The number of hydrogen-bond acceptors (Lipinski definition) is 2. The summed E-state index contributed by atoms with van der Waals surface area (Å²) < 4.78 is 5.70. The molecule has 2 aromatic carbocycles. The van der Waals surface area contributed by atoms with Gasteiger partial charge >= 0.3 is 0 Å². The first kappa shape index (κ1) is 15.4. The molecule has 0 aliphatic carbocycles. The van der Waals surface area contributed by atoms with Crippen molar-refractivity contribution in [3.8, 4) is 11.1 Å². The third-order valence-electron chi connectivity index (χ3n) is 4.43. The van der Waals surface area contributed by atoms with Gasteiger partial charge in [0, 0.05) is 24.8 Å². The Kier molecular flexibility index (Phi) is 4.17. The minimum atomic E-state index is 0. The monoisotopic (exact) mass is 327 g/mol. The van der Waals surface area contributed by atoms with Gasteiger partial charge in [-0.25, -0.2) is 0 Å². The second-order valence-electron chi connectivity index (χ2n) is 6.11. The summed E-state index contributed by atoms with van der Waals surface area (Å²) in [5.41, 5.74) is 6.79. The second kappa shape index (κ2) is 6.78. The van der Waals surface area contributed by atoms with Crippen LogP contribution in [0, 0.1) is 0 Å². The summed E-state index contributed by atoms with van der Waals surface area (Å²) in [6, 6.07) is 19.0. The van der Waals surface area contributed by atoms with Gasteiger partial charge in [-0.05, 0) is 29.2 Å². The van der Waals surface area contributed by atoms with Gasteiger partial charge in [0.25, 0.3) is 0 Å². The Morgan fingerprint density at radius 1 is 1.08 bits per heavy atom. The summed E-state index contributed by atoms with van der Waals surface area (Å²) in [6.07, 6.45) is 10.7. The molecule has 2 heterocycles. The van der Waals surface area contributed by atoms with E-state index in [-0.39, 0.29) is 1.43 Å². The van der Waals surface area contributed by atoms with E-state index in [0.717, 1.165) is 22.6 Å². The molecule has 0 saturated carbocycles. The summed E-state index contributed by atoms with van der Waals surface area (Å²) >= 11 is 0. The van der Waals surface area contributed by atoms with Crippen LogP contribution in [0.2, 0.25) is 0 Å². The summed E-state index contributed by atoms with van der Waals surface area (Å²) in [7, 11) is 0. The van der Waals surface area contributed by atoms with Crippen LogP contribution in [-0.2, 0) is 0 Å². The molecule has 3 aromatic rings. The molecule has 25 heavy (non-hydrogen) atoms. The minimum Gasteiger partial charge on any atom is -0.462 e. The van der Waals surface area contributed by atoms with Crippen molar-refractivity contribution in [2.75, 3.05) is 0 Å². The molecule has 0 spiro atoms. The lowest BCUT2D eigenvalue weighted by atomic mass is 9.97. The van der Waals surface area contributed by atoms with E-state index >= 15 is 0 Å². The molecule has 2 nitrogen and oxygen atoms in total. The highest BCUT2D eigenvalue weighted by Gasteiger charge is 2.07. The smallest absolute Gasteiger partial charge is 0.152 e. The molecule has 124 valence electrons. The van der Waals surface area contributed by atoms with Crippen LogP contribution in [0.5, 0.6) is 0 Å². The second-order valence-corrected chi connectivity index (χ2v) is 6.11. The predicted molar refractivity (Wildman–Crippen MR) is 108 cm³/mol. The van der Waals surface area contributed by atoms with E-state index in [2.05, 4.69) is 72.6 Å². The van der Waals surface area contributed by atoms with E-state index in [9.17, 15) is 0 Å². The number of hydrogen-bond donors (Lipinski definition) is 0. The molecule has 4 rings (SSSR count). The number of allylic oxidation sites excluding steroid dienone is 1. The van der Waals surface area contributed by atoms with Gasteiger partial charge in [0.2, 0.25) is 0 Å². The number of benzene rings is 2. The predicted octanol–water partition coefficient (Wildman–Crippen LogP) is 4.75. The minimum absolute atomic E-state index is 0. The van der Waals surface area contributed by atoms with Gasteiger partial charge < -0.3 is 4.42 Å². The van der Waals surface area contributed by atoms with Crippen molar-refractivity contribution in [2.45, 2.75) is 13.3 Å². The Bertz CT molecular complexity index is 1070. The van der Waals surface area contributed by atoms with Crippen LogP contribution in [-0.4, -0.2) is 6.21 Å². The van der Waals surface area contributed by atoms with Crippen LogP contribution in [0.3, 0.4) is 0 Å². The van der Waals surface area contributed by atoms with Gasteiger partial charge in [-0.15, -0.1) is 0 Å².